The zero-order chi connectivity index (χ0) is 16.0. The summed E-state index contributed by atoms with van der Waals surface area (Å²) in [5, 5.41) is 19.5. The average molecular weight is 327 g/mol. The molecule has 116 valence electrons. The van der Waals surface area contributed by atoms with Gasteiger partial charge < -0.3 is 15.8 Å². The lowest BCUT2D eigenvalue weighted by atomic mass is 10.2. The summed E-state index contributed by atoms with van der Waals surface area (Å²) >= 11 is 5.81. The van der Waals surface area contributed by atoms with Crippen molar-refractivity contribution < 1.29 is 23.5 Å². The molecule has 0 spiro atoms. The first kappa shape index (κ1) is 16.8. The Balaban J connectivity index is 0.000000491. The van der Waals surface area contributed by atoms with E-state index in [1.807, 2.05) is 0 Å². The zero-order valence-corrected chi connectivity index (χ0v) is 11.1. The number of guanidine groups is 1. The van der Waals surface area contributed by atoms with Crippen LogP contribution in [0.2, 0.25) is 5.02 Å². The molecule has 0 aromatic heterocycles. The van der Waals surface area contributed by atoms with Crippen LogP contribution in [0.15, 0.2) is 23.2 Å². The second kappa shape index (κ2) is 6.97. The Labute approximate surface area is 121 Å². The topological polar surface area (TPSA) is 99.8 Å². The van der Waals surface area contributed by atoms with Crippen molar-refractivity contribution in [1.29, 1.82) is 0 Å². The van der Waals surface area contributed by atoms with E-state index in [-0.39, 0.29) is 10.7 Å². The van der Waals surface area contributed by atoms with Gasteiger partial charge in [0.05, 0.1) is 22.8 Å². The fourth-order valence-electron chi connectivity index (χ4n) is 1.41. The minimum absolute atomic E-state index is 0.189. The number of hydrogen-bond acceptors (Lipinski definition) is 5. The normalized spacial score (nSPS) is 13.6. The first-order valence-electron chi connectivity index (χ1n) is 5.45. The Kier molecular flexibility index (Phi) is 5.59. The maximum atomic E-state index is 12.5. The van der Waals surface area contributed by atoms with E-state index in [2.05, 4.69) is 15.6 Å². The largest absolute Gasteiger partial charge is 0.416 e. The minimum Gasteiger partial charge on any atom is -0.354 e. The molecule has 0 bridgehead atoms. The van der Waals surface area contributed by atoms with Crippen molar-refractivity contribution in [1.82, 2.24) is 5.32 Å². The van der Waals surface area contributed by atoms with E-state index in [4.69, 9.17) is 26.9 Å². The van der Waals surface area contributed by atoms with Gasteiger partial charge in [-0.2, -0.15) is 13.2 Å². The Hall–Kier alpha value is -2.23. The van der Waals surface area contributed by atoms with Crippen LogP contribution < -0.4 is 10.6 Å². The van der Waals surface area contributed by atoms with Crippen LogP contribution in [0.3, 0.4) is 0 Å². The van der Waals surface area contributed by atoms with Gasteiger partial charge in [-0.1, -0.05) is 11.6 Å². The summed E-state index contributed by atoms with van der Waals surface area (Å²) in [5.41, 5.74) is -0.558. The molecule has 0 aliphatic carbocycles. The molecule has 2 rings (SSSR count). The predicted octanol–water partition coefficient (Wildman–Crippen LogP) is 2.38. The van der Waals surface area contributed by atoms with Gasteiger partial charge in [-0.15, -0.1) is 10.1 Å². The summed E-state index contributed by atoms with van der Waals surface area (Å²) in [5.74, 6) is 0.436. The predicted molar refractivity (Wildman–Crippen MR) is 69.2 cm³/mol. The highest BCUT2D eigenvalue weighted by atomic mass is 35.5. The van der Waals surface area contributed by atoms with E-state index in [9.17, 15) is 13.2 Å². The van der Waals surface area contributed by atoms with E-state index in [1.54, 1.807) is 0 Å². The maximum Gasteiger partial charge on any atom is 0.416 e. The highest BCUT2D eigenvalue weighted by Gasteiger charge is 2.31. The SMILES string of the molecule is FC(F)(F)c1ccc(Cl)c(NC2=NCCN2)c1.O=[N+]([O-])O. The van der Waals surface area contributed by atoms with Gasteiger partial charge in [-0.3, -0.25) is 4.99 Å². The molecule has 0 saturated carbocycles. The summed E-state index contributed by atoms with van der Waals surface area (Å²) < 4.78 is 37.5. The van der Waals surface area contributed by atoms with Crippen molar-refractivity contribution in [3.05, 3.63) is 38.9 Å². The van der Waals surface area contributed by atoms with Crippen LogP contribution in [0.5, 0.6) is 0 Å². The molecule has 0 atom stereocenters. The number of aliphatic imine (C=N–C) groups is 1. The van der Waals surface area contributed by atoms with Gasteiger partial charge in [-0.05, 0) is 18.2 Å². The summed E-state index contributed by atoms with van der Waals surface area (Å²) in [4.78, 5) is 12.4. The van der Waals surface area contributed by atoms with Crippen LogP contribution in [-0.2, 0) is 6.18 Å². The molecule has 0 fully saturated rings. The molecule has 1 heterocycles. The number of benzene rings is 1. The molecule has 0 amide bonds. The zero-order valence-electron chi connectivity index (χ0n) is 10.3. The average Bonchev–Trinajstić information content (AvgIpc) is 2.82. The molecule has 1 aliphatic heterocycles. The number of hydrogen-bond donors (Lipinski definition) is 3. The quantitative estimate of drug-likeness (QED) is 0.543. The number of nitrogens with zero attached hydrogens (tertiary/aromatic N) is 2. The van der Waals surface area contributed by atoms with Gasteiger partial charge in [0.1, 0.15) is 0 Å². The summed E-state index contributed by atoms with van der Waals surface area (Å²) in [7, 11) is 0. The molecule has 1 aliphatic rings. The molecule has 3 N–H and O–H groups in total. The third kappa shape index (κ3) is 5.73. The summed E-state index contributed by atoms with van der Waals surface area (Å²) in [6.45, 7) is 1.26. The van der Waals surface area contributed by atoms with E-state index < -0.39 is 16.8 Å². The van der Waals surface area contributed by atoms with Crippen LogP contribution in [0.1, 0.15) is 5.56 Å². The van der Waals surface area contributed by atoms with E-state index >= 15 is 0 Å². The highest BCUT2D eigenvalue weighted by molar-refractivity contribution is 6.33. The molecule has 7 nitrogen and oxygen atoms in total. The number of rotatable bonds is 1. The van der Waals surface area contributed by atoms with Crippen LogP contribution in [0.25, 0.3) is 0 Å². The molecular weight excluding hydrogens is 317 g/mol. The van der Waals surface area contributed by atoms with Crippen molar-refractivity contribution >= 4 is 23.2 Å². The third-order valence-electron chi connectivity index (χ3n) is 2.22. The molecule has 1 aromatic carbocycles. The molecule has 1 aromatic rings. The van der Waals surface area contributed by atoms with E-state index in [1.165, 1.54) is 6.07 Å². The summed E-state index contributed by atoms with van der Waals surface area (Å²) in [6, 6.07) is 3.12. The van der Waals surface area contributed by atoms with Gasteiger partial charge in [0.15, 0.2) is 5.96 Å². The monoisotopic (exact) mass is 326 g/mol. The van der Waals surface area contributed by atoms with Crippen molar-refractivity contribution in [2.24, 2.45) is 4.99 Å². The van der Waals surface area contributed by atoms with Gasteiger partial charge >= 0.3 is 6.18 Å². The molecule has 11 heteroatoms. The molecule has 0 saturated heterocycles. The lowest BCUT2D eigenvalue weighted by molar-refractivity contribution is -0.742. The Bertz CT molecular complexity index is 547. The lowest BCUT2D eigenvalue weighted by Gasteiger charge is -2.12. The fraction of sp³-hybridized carbons (Fsp3) is 0.300. The van der Waals surface area contributed by atoms with Crippen molar-refractivity contribution in [3.8, 4) is 0 Å². The second-order valence-electron chi connectivity index (χ2n) is 3.71. The molecule has 0 radical (unpaired) electrons. The smallest absolute Gasteiger partial charge is 0.354 e. The van der Waals surface area contributed by atoms with Crippen LogP contribution in [-0.4, -0.2) is 29.3 Å². The van der Waals surface area contributed by atoms with Crippen molar-refractivity contribution in [2.75, 3.05) is 18.4 Å². The molecular formula is C10H10ClF3N4O3. The van der Waals surface area contributed by atoms with E-state index in [0.29, 0.717) is 19.0 Å². The Morgan fingerprint density at radius 1 is 1.48 bits per heavy atom. The number of halogens is 4. The Morgan fingerprint density at radius 3 is 2.57 bits per heavy atom. The maximum absolute atomic E-state index is 12.5. The second-order valence-corrected chi connectivity index (χ2v) is 4.12. The Morgan fingerprint density at radius 2 is 2.10 bits per heavy atom. The van der Waals surface area contributed by atoms with Gasteiger partial charge in [0, 0.05) is 6.54 Å². The first-order valence-corrected chi connectivity index (χ1v) is 5.83. The number of alkyl halides is 3. The standard InChI is InChI=1S/C10H9ClF3N3.HNO3/c11-7-2-1-6(10(12,13)14)5-8(7)17-9-15-3-4-16-9;2-1(3)4/h1-2,5H,3-4H2,(H2,15,16,17);(H,2,3,4). The van der Waals surface area contributed by atoms with E-state index in [0.717, 1.165) is 12.1 Å². The van der Waals surface area contributed by atoms with Gasteiger partial charge in [0.25, 0.3) is 5.09 Å². The number of anilines is 1. The fourth-order valence-corrected chi connectivity index (χ4v) is 1.57. The van der Waals surface area contributed by atoms with Crippen molar-refractivity contribution in [2.45, 2.75) is 6.18 Å². The van der Waals surface area contributed by atoms with Gasteiger partial charge in [0.2, 0.25) is 0 Å². The van der Waals surface area contributed by atoms with Crippen molar-refractivity contribution in [3.63, 3.8) is 0 Å². The third-order valence-corrected chi connectivity index (χ3v) is 2.55. The molecule has 21 heavy (non-hydrogen) atoms. The first-order chi connectivity index (χ1) is 9.70. The minimum atomic E-state index is -4.38. The van der Waals surface area contributed by atoms with Crippen LogP contribution in [0, 0.1) is 10.1 Å². The number of nitrogens with one attached hydrogen (secondary N) is 2. The highest BCUT2D eigenvalue weighted by Crippen LogP contribution is 2.33. The van der Waals surface area contributed by atoms with Crippen LogP contribution in [0.4, 0.5) is 18.9 Å². The van der Waals surface area contributed by atoms with Crippen LogP contribution >= 0.6 is 11.6 Å². The molecule has 0 unspecified atom stereocenters. The lowest BCUT2D eigenvalue weighted by Crippen LogP contribution is -2.26. The summed E-state index contributed by atoms with van der Waals surface area (Å²) in [6.07, 6.45) is -4.38. The van der Waals surface area contributed by atoms with Gasteiger partial charge in [-0.25, -0.2) is 0 Å².